The highest BCUT2D eigenvalue weighted by Gasteiger charge is 2.37. The van der Waals surface area contributed by atoms with E-state index in [1.807, 2.05) is 4.90 Å². The van der Waals surface area contributed by atoms with Crippen LogP contribution in [0, 0.1) is 5.92 Å². The Morgan fingerprint density at radius 2 is 2.05 bits per heavy atom. The van der Waals surface area contributed by atoms with Gasteiger partial charge in [-0.2, -0.15) is 0 Å². The van der Waals surface area contributed by atoms with Gasteiger partial charge in [-0.05, 0) is 18.8 Å². The largest absolute Gasteiger partial charge is 0.501 e. The molecule has 3 aliphatic heterocycles. The lowest BCUT2D eigenvalue weighted by atomic mass is 10.0. The highest BCUT2D eigenvalue weighted by Crippen LogP contribution is 2.25. The van der Waals surface area contributed by atoms with Gasteiger partial charge in [-0.15, -0.1) is 0 Å². The number of hydrogen-bond donors (Lipinski definition) is 0. The zero-order valence-electron chi connectivity index (χ0n) is 12.2. The summed E-state index contributed by atoms with van der Waals surface area (Å²) in [4.78, 5) is 17.0. The van der Waals surface area contributed by atoms with E-state index in [1.54, 1.807) is 6.26 Å². The first-order valence-electron chi connectivity index (χ1n) is 7.67. The van der Waals surface area contributed by atoms with E-state index in [9.17, 15) is 4.79 Å². The second-order valence-electron chi connectivity index (χ2n) is 6.02. The van der Waals surface area contributed by atoms with Crippen molar-refractivity contribution >= 4 is 5.91 Å². The predicted molar refractivity (Wildman–Crippen MR) is 75.2 cm³/mol. The average molecular weight is 280 g/mol. The molecule has 5 nitrogen and oxygen atoms in total. The molecule has 0 spiro atoms. The third kappa shape index (κ3) is 2.83. The van der Waals surface area contributed by atoms with Crippen LogP contribution in [0.4, 0.5) is 0 Å². The third-order valence-electron chi connectivity index (χ3n) is 4.58. The fraction of sp³-hybridized carbons (Fsp3) is 0.800. The number of carbonyl (C=O) groups is 1. The molecule has 3 heterocycles. The Labute approximate surface area is 120 Å². The minimum atomic E-state index is 0.173. The molecule has 0 aromatic carbocycles. The fourth-order valence-electron chi connectivity index (χ4n) is 3.42. The summed E-state index contributed by atoms with van der Waals surface area (Å²) < 4.78 is 10.7. The van der Waals surface area contributed by atoms with Crippen molar-refractivity contribution in [3.63, 3.8) is 0 Å². The van der Waals surface area contributed by atoms with Gasteiger partial charge in [0.2, 0.25) is 0 Å². The van der Waals surface area contributed by atoms with Gasteiger partial charge in [0.25, 0.3) is 5.91 Å². The predicted octanol–water partition coefficient (Wildman–Crippen LogP) is 0.860. The Morgan fingerprint density at radius 3 is 2.75 bits per heavy atom. The van der Waals surface area contributed by atoms with Gasteiger partial charge in [0.1, 0.15) is 0 Å². The minimum Gasteiger partial charge on any atom is -0.501 e. The fourth-order valence-corrected chi connectivity index (χ4v) is 3.42. The standard InChI is InChI=1S/C15H24N2O3/c1-12-9-17(15(18)13-3-2-6-20-11-13)10-14(12)16-4-7-19-8-5-16/h11-12,14H,2-10H2,1H3/t12-,14+/m1/s1. The van der Waals surface area contributed by atoms with E-state index in [4.69, 9.17) is 9.47 Å². The number of hydrogen-bond acceptors (Lipinski definition) is 4. The van der Waals surface area contributed by atoms with E-state index in [2.05, 4.69) is 11.8 Å². The molecule has 2 fully saturated rings. The molecule has 1 amide bonds. The average Bonchev–Trinajstić information content (AvgIpc) is 2.90. The smallest absolute Gasteiger partial charge is 0.252 e. The van der Waals surface area contributed by atoms with Crippen LogP contribution in [0.15, 0.2) is 11.8 Å². The maximum atomic E-state index is 12.5. The Kier molecular flexibility index (Phi) is 4.27. The Morgan fingerprint density at radius 1 is 1.25 bits per heavy atom. The molecule has 3 rings (SSSR count). The minimum absolute atomic E-state index is 0.173. The lowest BCUT2D eigenvalue weighted by Gasteiger charge is -2.34. The summed E-state index contributed by atoms with van der Waals surface area (Å²) in [6.45, 7) is 8.30. The molecule has 5 heteroatoms. The van der Waals surface area contributed by atoms with Crippen molar-refractivity contribution in [2.45, 2.75) is 25.8 Å². The summed E-state index contributed by atoms with van der Waals surface area (Å²) in [6.07, 6.45) is 3.47. The number of rotatable bonds is 2. The number of likely N-dealkylation sites (tertiary alicyclic amines) is 1. The van der Waals surface area contributed by atoms with Crippen LogP contribution < -0.4 is 0 Å². The van der Waals surface area contributed by atoms with Crippen molar-refractivity contribution in [1.82, 2.24) is 9.80 Å². The number of morpholine rings is 1. The van der Waals surface area contributed by atoms with E-state index in [1.165, 1.54) is 0 Å². The number of ether oxygens (including phenoxy) is 2. The molecule has 0 bridgehead atoms. The molecule has 2 saturated heterocycles. The lowest BCUT2D eigenvalue weighted by molar-refractivity contribution is -0.127. The molecule has 0 N–H and O–H groups in total. The Balaban J connectivity index is 1.62. The lowest BCUT2D eigenvalue weighted by Crippen LogP contribution is -2.47. The van der Waals surface area contributed by atoms with E-state index < -0.39 is 0 Å². The Bertz CT molecular complexity index is 391. The van der Waals surface area contributed by atoms with Gasteiger partial charge in [-0.3, -0.25) is 9.69 Å². The summed E-state index contributed by atoms with van der Waals surface area (Å²) in [5.74, 6) is 0.703. The van der Waals surface area contributed by atoms with Crippen LogP contribution in [0.3, 0.4) is 0 Å². The molecule has 0 aromatic rings. The molecule has 0 aliphatic carbocycles. The topological polar surface area (TPSA) is 42.0 Å². The normalized spacial score (nSPS) is 31.9. The second-order valence-corrected chi connectivity index (χ2v) is 6.02. The zero-order chi connectivity index (χ0) is 13.9. The van der Waals surface area contributed by atoms with Gasteiger partial charge in [-0.25, -0.2) is 0 Å². The molecule has 2 atom stereocenters. The first kappa shape index (κ1) is 13.9. The molecule has 0 aromatic heterocycles. The maximum Gasteiger partial charge on any atom is 0.252 e. The molecule has 0 radical (unpaired) electrons. The molecule has 0 unspecified atom stereocenters. The highest BCUT2D eigenvalue weighted by molar-refractivity contribution is 5.93. The van der Waals surface area contributed by atoms with Gasteiger partial charge in [-0.1, -0.05) is 6.92 Å². The van der Waals surface area contributed by atoms with Crippen molar-refractivity contribution in [1.29, 1.82) is 0 Å². The second kappa shape index (κ2) is 6.14. The van der Waals surface area contributed by atoms with E-state index in [0.29, 0.717) is 12.0 Å². The zero-order valence-corrected chi connectivity index (χ0v) is 12.2. The molecular formula is C15H24N2O3. The van der Waals surface area contributed by atoms with Gasteiger partial charge in [0.15, 0.2) is 0 Å². The number of carbonyl (C=O) groups excluding carboxylic acids is 1. The van der Waals surface area contributed by atoms with E-state index in [-0.39, 0.29) is 5.91 Å². The number of nitrogens with zero attached hydrogens (tertiary/aromatic N) is 2. The first-order valence-corrected chi connectivity index (χ1v) is 7.67. The summed E-state index contributed by atoms with van der Waals surface area (Å²) >= 11 is 0. The third-order valence-corrected chi connectivity index (χ3v) is 4.58. The van der Waals surface area contributed by atoms with E-state index in [0.717, 1.165) is 64.4 Å². The van der Waals surface area contributed by atoms with Crippen LogP contribution in [0.2, 0.25) is 0 Å². The van der Waals surface area contributed by atoms with Gasteiger partial charge in [0, 0.05) is 32.2 Å². The molecule has 112 valence electrons. The van der Waals surface area contributed by atoms with Gasteiger partial charge in [0.05, 0.1) is 31.7 Å². The van der Waals surface area contributed by atoms with Gasteiger partial charge < -0.3 is 14.4 Å². The van der Waals surface area contributed by atoms with Gasteiger partial charge >= 0.3 is 0 Å². The van der Waals surface area contributed by atoms with Crippen LogP contribution in [0.5, 0.6) is 0 Å². The highest BCUT2D eigenvalue weighted by atomic mass is 16.5. The van der Waals surface area contributed by atoms with E-state index >= 15 is 0 Å². The molecule has 20 heavy (non-hydrogen) atoms. The first-order chi connectivity index (χ1) is 9.75. The molecule has 0 saturated carbocycles. The summed E-state index contributed by atoms with van der Waals surface area (Å²) in [5.41, 5.74) is 0.839. The quantitative estimate of drug-likeness (QED) is 0.752. The summed E-state index contributed by atoms with van der Waals surface area (Å²) in [5, 5.41) is 0. The monoisotopic (exact) mass is 280 g/mol. The number of amides is 1. The Hall–Kier alpha value is -1.07. The van der Waals surface area contributed by atoms with Crippen LogP contribution in [-0.2, 0) is 14.3 Å². The molecule has 3 aliphatic rings. The van der Waals surface area contributed by atoms with Crippen molar-refractivity contribution in [2.24, 2.45) is 5.92 Å². The van der Waals surface area contributed by atoms with Crippen molar-refractivity contribution in [3.8, 4) is 0 Å². The van der Waals surface area contributed by atoms with Crippen LogP contribution >= 0.6 is 0 Å². The summed E-state index contributed by atoms with van der Waals surface area (Å²) in [7, 11) is 0. The molecular weight excluding hydrogens is 256 g/mol. The SMILES string of the molecule is C[C@@H]1CN(C(=O)C2=COCCC2)C[C@@H]1N1CCOCC1. The van der Waals surface area contributed by atoms with Crippen LogP contribution in [0.25, 0.3) is 0 Å². The van der Waals surface area contributed by atoms with Crippen LogP contribution in [-0.4, -0.2) is 67.7 Å². The van der Waals surface area contributed by atoms with Crippen LogP contribution in [0.1, 0.15) is 19.8 Å². The van der Waals surface area contributed by atoms with Crippen molar-refractivity contribution < 1.29 is 14.3 Å². The maximum absolute atomic E-state index is 12.5. The van der Waals surface area contributed by atoms with Crippen molar-refractivity contribution in [3.05, 3.63) is 11.8 Å². The summed E-state index contributed by atoms with van der Waals surface area (Å²) in [6, 6.07) is 0.480. The van der Waals surface area contributed by atoms with Crippen molar-refractivity contribution in [2.75, 3.05) is 46.0 Å².